The Morgan fingerprint density at radius 1 is 1.62 bits per heavy atom. The monoisotopic (exact) mass is 176 g/mol. The number of anilines is 1. The summed E-state index contributed by atoms with van der Waals surface area (Å²) < 4.78 is 0. The van der Waals surface area contributed by atoms with Gasteiger partial charge in [0.25, 0.3) is 0 Å². The van der Waals surface area contributed by atoms with Crippen molar-refractivity contribution in [3.63, 3.8) is 0 Å². The van der Waals surface area contributed by atoms with Gasteiger partial charge in [-0.15, -0.1) is 0 Å². The van der Waals surface area contributed by atoms with E-state index >= 15 is 0 Å². The van der Waals surface area contributed by atoms with E-state index in [4.69, 9.17) is 0 Å². The zero-order valence-electron chi connectivity index (χ0n) is 7.77. The summed E-state index contributed by atoms with van der Waals surface area (Å²) in [6.07, 6.45) is 6.57. The van der Waals surface area contributed by atoms with Crippen LogP contribution in [-0.4, -0.2) is 17.9 Å². The fraction of sp³-hybridized carbons (Fsp3) is 0.200. The summed E-state index contributed by atoms with van der Waals surface area (Å²) in [4.78, 5) is 16.8. The van der Waals surface area contributed by atoms with E-state index in [0.29, 0.717) is 0 Å². The minimum Gasteiger partial charge on any atom is -0.310 e. The lowest BCUT2D eigenvalue weighted by Gasteiger charge is -2.13. The summed E-state index contributed by atoms with van der Waals surface area (Å²) >= 11 is 0. The van der Waals surface area contributed by atoms with Gasteiger partial charge < -0.3 is 4.90 Å². The predicted molar refractivity (Wildman–Crippen MR) is 52.5 cm³/mol. The topological polar surface area (TPSA) is 33.2 Å². The number of rotatable bonds is 2. The number of hydrogen-bond donors (Lipinski definition) is 0. The second kappa shape index (κ2) is 4.40. The van der Waals surface area contributed by atoms with Crippen LogP contribution in [0.4, 0.5) is 5.69 Å². The van der Waals surface area contributed by atoms with Crippen LogP contribution in [0.1, 0.15) is 6.92 Å². The second-order valence-corrected chi connectivity index (χ2v) is 2.61. The molecule has 0 spiro atoms. The molecule has 0 aliphatic rings. The maximum atomic E-state index is 11.4. The highest BCUT2D eigenvalue weighted by Crippen LogP contribution is 2.09. The van der Waals surface area contributed by atoms with Crippen LogP contribution in [0.25, 0.3) is 0 Å². The van der Waals surface area contributed by atoms with Crippen molar-refractivity contribution in [3.8, 4) is 0 Å². The van der Waals surface area contributed by atoms with Gasteiger partial charge in [0.05, 0.1) is 11.9 Å². The Bertz CT molecular complexity index is 306. The number of amides is 1. The fourth-order valence-corrected chi connectivity index (χ4v) is 0.934. The van der Waals surface area contributed by atoms with Crippen LogP contribution >= 0.6 is 0 Å². The van der Waals surface area contributed by atoms with Crippen molar-refractivity contribution < 1.29 is 4.79 Å². The number of hydrogen-bond acceptors (Lipinski definition) is 2. The molecule has 0 unspecified atom stereocenters. The smallest absolute Gasteiger partial charge is 0.250 e. The van der Waals surface area contributed by atoms with Gasteiger partial charge in [0.2, 0.25) is 5.91 Å². The van der Waals surface area contributed by atoms with Gasteiger partial charge in [-0.05, 0) is 25.1 Å². The molecule has 0 aliphatic carbocycles. The third kappa shape index (κ3) is 2.40. The minimum absolute atomic E-state index is 0.0458. The molecule has 0 aliphatic heterocycles. The van der Waals surface area contributed by atoms with Crippen molar-refractivity contribution in [3.05, 3.63) is 36.7 Å². The van der Waals surface area contributed by atoms with Crippen molar-refractivity contribution in [2.24, 2.45) is 0 Å². The van der Waals surface area contributed by atoms with Crippen LogP contribution in [-0.2, 0) is 4.79 Å². The van der Waals surface area contributed by atoms with Crippen LogP contribution < -0.4 is 4.90 Å². The molecule has 0 bridgehead atoms. The van der Waals surface area contributed by atoms with Crippen molar-refractivity contribution in [1.29, 1.82) is 0 Å². The van der Waals surface area contributed by atoms with Gasteiger partial charge in [0.15, 0.2) is 0 Å². The molecule has 0 aromatic carbocycles. The molecule has 68 valence electrons. The third-order valence-electron chi connectivity index (χ3n) is 1.67. The van der Waals surface area contributed by atoms with E-state index in [-0.39, 0.29) is 5.91 Å². The molecule has 3 nitrogen and oxygen atoms in total. The average molecular weight is 176 g/mol. The van der Waals surface area contributed by atoms with Crippen LogP contribution in [0.2, 0.25) is 0 Å². The first kappa shape index (κ1) is 9.45. The highest BCUT2D eigenvalue weighted by atomic mass is 16.2. The first-order valence-corrected chi connectivity index (χ1v) is 4.06. The summed E-state index contributed by atoms with van der Waals surface area (Å²) in [7, 11) is 1.72. The Balaban J connectivity index is 2.79. The van der Waals surface area contributed by atoms with E-state index < -0.39 is 0 Å². The average Bonchev–Trinajstić information content (AvgIpc) is 2.18. The normalized spacial score (nSPS) is 10.3. The van der Waals surface area contributed by atoms with E-state index in [2.05, 4.69) is 4.98 Å². The van der Waals surface area contributed by atoms with Gasteiger partial charge in [-0.1, -0.05) is 6.08 Å². The Kier molecular flexibility index (Phi) is 3.20. The standard InChI is InChI=1S/C10H12N2O/c1-3-5-10(13)12(2)9-6-4-7-11-8-9/h3-8H,1-2H3. The van der Waals surface area contributed by atoms with Crippen LogP contribution in [0.5, 0.6) is 0 Å². The third-order valence-corrected chi connectivity index (χ3v) is 1.67. The first-order valence-electron chi connectivity index (χ1n) is 4.06. The molecule has 0 N–H and O–H groups in total. The zero-order chi connectivity index (χ0) is 9.68. The first-order chi connectivity index (χ1) is 6.25. The summed E-state index contributed by atoms with van der Waals surface area (Å²) in [5.41, 5.74) is 0.797. The van der Waals surface area contributed by atoms with Gasteiger partial charge in [0, 0.05) is 13.2 Å². The van der Waals surface area contributed by atoms with E-state index in [1.54, 1.807) is 36.5 Å². The number of aromatic nitrogens is 1. The van der Waals surface area contributed by atoms with Gasteiger partial charge in [0.1, 0.15) is 0 Å². The van der Waals surface area contributed by atoms with Crippen LogP contribution in [0.15, 0.2) is 36.7 Å². The molecular weight excluding hydrogens is 164 g/mol. The molecule has 1 rings (SSSR count). The van der Waals surface area contributed by atoms with Gasteiger partial charge in [-0.3, -0.25) is 9.78 Å². The SMILES string of the molecule is CC=CC(=O)N(C)c1cccnc1. The molecule has 0 saturated heterocycles. The summed E-state index contributed by atoms with van der Waals surface area (Å²) in [5, 5.41) is 0. The lowest BCUT2D eigenvalue weighted by molar-refractivity contribution is -0.113. The predicted octanol–water partition coefficient (Wildman–Crippen LogP) is 1.62. The van der Waals surface area contributed by atoms with Crippen LogP contribution in [0.3, 0.4) is 0 Å². The molecule has 0 atom stereocenters. The fourth-order valence-electron chi connectivity index (χ4n) is 0.934. The molecule has 1 aromatic rings. The zero-order valence-corrected chi connectivity index (χ0v) is 7.77. The molecule has 0 fully saturated rings. The molecular formula is C10H12N2O. The van der Waals surface area contributed by atoms with Crippen molar-refractivity contribution in [2.75, 3.05) is 11.9 Å². The highest BCUT2D eigenvalue weighted by molar-refractivity contribution is 6.00. The summed E-state index contributed by atoms with van der Waals surface area (Å²) in [6.45, 7) is 1.81. The maximum Gasteiger partial charge on any atom is 0.250 e. The van der Waals surface area contributed by atoms with Crippen molar-refractivity contribution in [1.82, 2.24) is 4.98 Å². The van der Waals surface area contributed by atoms with E-state index in [1.807, 2.05) is 13.0 Å². The van der Waals surface area contributed by atoms with Gasteiger partial charge in [-0.2, -0.15) is 0 Å². The Labute approximate surface area is 77.7 Å². The quantitative estimate of drug-likeness (QED) is 0.641. The molecule has 0 saturated carbocycles. The lowest BCUT2D eigenvalue weighted by atomic mass is 10.3. The molecule has 13 heavy (non-hydrogen) atoms. The minimum atomic E-state index is -0.0458. The lowest BCUT2D eigenvalue weighted by Crippen LogP contribution is -2.23. The summed E-state index contributed by atoms with van der Waals surface area (Å²) in [6, 6.07) is 3.64. The Morgan fingerprint density at radius 3 is 2.92 bits per heavy atom. The molecule has 0 radical (unpaired) electrons. The van der Waals surface area contributed by atoms with E-state index in [0.717, 1.165) is 5.69 Å². The number of nitrogens with zero attached hydrogens (tertiary/aromatic N) is 2. The Morgan fingerprint density at radius 2 is 2.38 bits per heavy atom. The highest BCUT2D eigenvalue weighted by Gasteiger charge is 2.05. The van der Waals surface area contributed by atoms with E-state index in [9.17, 15) is 4.79 Å². The van der Waals surface area contributed by atoms with Crippen molar-refractivity contribution >= 4 is 11.6 Å². The van der Waals surface area contributed by atoms with Crippen molar-refractivity contribution in [2.45, 2.75) is 6.92 Å². The van der Waals surface area contributed by atoms with E-state index in [1.165, 1.54) is 6.08 Å². The number of carbonyl (C=O) groups is 1. The second-order valence-electron chi connectivity index (χ2n) is 2.61. The molecule has 1 amide bonds. The largest absolute Gasteiger partial charge is 0.310 e. The number of pyridine rings is 1. The Hall–Kier alpha value is -1.64. The molecule has 1 aromatic heterocycles. The van der Waals surface area contributed by atoms with Crippen LogP contribution in [0, 0.1) is 0 Å². The maximum absolute atomic E-state index is 11.4. The summed E-state index contributed by atoms with van der Waals surface area (Å²) in [5.74, 6) is -0.0458. The van der Waals surface area contributed by atoms with Gasteiger partial charge >= 0.3 is 0 Å². The molecule has 3 heteroatoms. The molecule has 1 heterocycles. The number of likely N-dealkylation sites (N-methyl/N-ethyl adjacent to an activating group) is 1. The number of allylic oxidation sites excluding steroid dienone is 1. The van der Waals surface area contributed by atoms with Gasteiger partial charge in [-0.25, -0.2) is 0 Å². The number of carbonyl (C=O) groups excluding carboxylic acids is 1.